The number of para-hydroxylation sites is 2. The molecule has 0 bridgehead atoms. The number of aromatic nitrogens is 3. The number of piperidine rings is 1. The molecule has 222 valence electrons. The normalized spacial score (nSPS) is 16.0. The Bertz CT molecular complexity index is 1820. The number of hydrogen-bond donors (Lipinski definition) is 3. The number of imidazole rings is 1. The molecule has 4 N–H and O–H groups in total. The van der Waals surface area contributed by atoms with E-state index in [9.17, 15) is 14.4 Å². The van der Waals surface area contributed by atoms with Crippen LogP contribution in [0.3, 0.4) is 0 Å². The molecule has 0 unspecified atom stereocenters. The third-order valence-corrected chi connectivity index (χ3v) is 8.17. The van der Waals surface area contributed by atoms with Crippen LogP contribution in [0.2, 0.25) is 0 Å². The molecule has 0 saturated carbocycles. The molecule has 10 nitrogen and oxygen atoms in total. The first-order valence-corrected chi connectivity index (χ1v) is 14.8. The molecular weight excluding hydrogens is 544 g/mol. The van der Waals surface area contributed by atoms with Crippen LogP contribution in [0.15, 0.2) is 75.9 Å². The third-order valence-electron chi connectivity index (χ3n) is 8.17. The Morgan fingerprint density at radius 3 is 2.72 bits per heavy atom. The first kappa shape index (κ1) is 28.4. The smallest absolute Gasteiger partial charge is 0.408 e. The van der Waals surface area contributed by atoms with Crippen LogP contribution >= 0.6 is 0 Å². The fraction of sp³-hybridized carbons (Fsp3) is 0.333. The number of likely N-dealkylation sites (tertiary alicyclic amines) is 1. The second-order valence-corrected chi connectivity index (χ2v) is 11.4. The third kappa shape index (κ3) is 6.39. The van der Waals surface area contributed by atoms with Gasteiger partial charge in [0.05, 0.1) is 16.6 Å². The Balaban J connectivity index is 1.08. The van der Waals surface area contributed by atoms with Crippen LogP contribution in [0, 0.1) is 0 Å². The lowest BCUT2D eigenvalue weighted by atomic mass is 9.95. The average Bonchev–Trinajstić information content (AvgIpc) is 3.56. The van der Waals surface area contributed by atoms with Crippen LogP contribution in [0.1, 0.15) is 43.5 Å². The van der Waals surface area contributed by atoms with Crippen LogP contribution in [-0.4, -0.2) is 56.9 Å². The molecule has 6 rings (SSSR count). The molecule has 1 fully saturated rings. The zero-order valence-electron chi connectivity index (χ0n) is 24.2. The van der Waals surface area contributed by atoms with E-state index in [-0.39, 0.29) is 30.2 Å². The Morgan fingerprint density at radius 2 is 1.91 bits per heavy atom. The molecule has 2 amide bonds. The van der Waals surface area contributed by atoms with Crippen molar-refractivity contribution in [2.45, 2.75) is 51.1 Å². The summed E-state index contributed by atoms with van der Waals surface area (Å²) in [7, 11) is 0. The zero-order chi connectivity index (χ0) is 29.9. The lowest BCUT2D eigenvalue weighted by molar-refractivity contribution is -0.132. The Labute approximate surface area is 248 Å². The van der Waals surface area contributed by atoms with Gasteiger partial charge in [-0.1, -0.05) is 42.5 Å². The summed E-state index contributed by atoms with van der Waals surface area (Å²) in [5.41, 5.74) is 12.7. The van der Waals surface area contributed by atoms with Gasteiger partial charge in [-0.2, -0.15) is 0 Å². The maximum atomic E-state index is 13.4. The van der Waals surface area contributed by atoms with Crippen molar-refractivity contribution >= 4 is 33.9 Å². The zero-order valence-corrected chi connectivity index (χ0v) is 24.2. The van der Waals surface area contributed by atoms with Gasteiger partial charge in [0.25, 0.3) is 0 Å². The maximum Gasteiger partial charge on any atom is 0.417 e. The number of amides is 2. The summed E-state index contributed by atoms with van der Waals surface area (Å²) in [5.74, 6) is 0.623. The summed E-state index contributed by atoms with van der Waals surface area (Å²) < 4.78 is 7.28. The van der Waals surface area contributed by atoms with Crippen LogP contribution in [0.25, 0.3) is 33.3 Å². The number of carbonyl (C=O) groups excluding carboxylic acids is 2. The predicted octanol–water partition coefficient (Wildman–Crippen LogP) is 3.94. The molecule has 0 radical (unpaired) electrons. The summed E-state index contributed by atoms with van der Waals surface area (Å²) in [5, 5.41) is 2.88. The number of rotatable bonds is 9. The summed E-state index contributed by atoms with van der Waals surface area (Å²) in [4.78, 5) is 45.9. The Kier molecular flexibility index (Phi) is 8.11. The van der Waals surface area contributed by atoms with Crippen molar-refractivity contribution < 1.29 is 14.0 Å². The number of nitrogens with zero attached hydrogens (tertiary/aromatic N) is 3. The van der Waals surface area contributed by atoms with Crippen molar-refractivity contribution in [1.82, 2.24) is 24.8 Å². The number of hydrogen-bond acceptors (Lipinski definition) is 6. The molecule has 1 saturated heterocycles. The van der Waals surface area contributed by atoms with Gasteiger partial charge < -0.3 is 24.9 Å². The van der Waals surface area contributed by atoms with Crippen molar-refractivity contribution in [2.24, 2.45) is 5.73 Å². The van der Waals surface area contributed by atoms with Gasteiger partial charge in [0, 0.05) is 51.5 Å². The lowest BCUT2D eigenvalue weighted by Gasteiger charge is -2.33. The van der Waals surface area contributed by atoms with Crippen LogP contribution < -0.4 is 16.8 Å². The number of fused-ring (bicyclic) bond motifs is 2. The second kappa shape index (κ2) is 12.3. The van der Waals surface area contributed by atoms with Crippen LogP contribution in [-0.2, 0) is 22.6 Å². The van der Waals surface area contributed by atoms with E-state index in [0.717, 1.165) is 52.9 Å². The van der Waals surface area contributed by atoms with Gasteiger partial charge in [-0.15, -0.1) is 0 Å². The minimum atomic E-state index is -0.468. The summed E-state index contributed by atoms with van der Waals surface area (Å²) in [6.45, 7) is 3.99. The molecule has 3 heterocycles. The van der Waals surface area contributed by atoms with Gasteiger partial charge in [-0.25, -0.2) is 9.78 Å². The summed E-state index contributed by atoms with van der Waals surface area (Å²) >= 11 is 0. The summed E-state index contributed by atoms with van der Waals surface area (Å²) in [6, 6.07) is 21.4. The number of oxazole rings is 1. The lowest BCUT2D eigenvalue weighted by Crippen LogP contribution is -2.42. The van der Waals surface area contributed by atoms with Crippen molar-refractivity contribution in [3.63, 3.8) is 0 Å². The van der Waals surface area contributed by atoms with Crippen molar-refractivity contribution in [2.75, 3.05) is 19.6 Å². The van der Waals surface area contributed by atoms with E-state index < -0.39 is 5.76 Å². The van der Waals surface area contributed by atoms with Crippen molar-refractivity contribution in [3.8, 4) is 11.1 Å². The number of carbonyl (C=O) groups is 2. The average molecular weight is 581 g/mol. The molecule has 5 aromatic rings. The van der Waals surface area contributed by atoms with Gasteiger partial charge in [0.15, 0.2) is 5.58 Å². The van der Waals surface area contributed by atoms with Gasteiger partial charge in [-0.3, -0.25) is 14.6 Å². The van der Waals surface area contributed by atoms with Crippen LogP contribution in [0.4, 0.5) is 0 Å². The van der Waals surface area contributed by atoms with Gasteiger partial charge in [0.1, 0.15) is 5.82 Å². The Hall–Kier alpha value is -4.70. The molecule has 2 atom stereocenters. The van der Waals surface area contributed by atoms with E-state index >= 15 is 0 Å². The summed E-state index contributed by atoms with van der Waals surface area (Å²) in [6.07, 6.45) is 2.73. The van der Waals surface area contributed by atoms with Gasteiger partial charge >= 0.3 is 5.76 Å². The highest BCUT2D eigenvalue weighted by molar-refractivity contribution is 5.80. The fourth-order valence-electron chi connectivity index (χ4n) is 6.09. The highest BCUT2D eigenvalue weighted by Crippen LogP contribution is 2.30. The van der Waals surface area contributed by atoms with Crippen molar-refractivity contribution in [1.29, 1.82) is 0 Å². The number of aromatic amines is 1. The standard InChI is InChI=1S/C33H36N6O4/c1-21(40)35-14-16-39-29-7-3-2-6-27(29)36-32(39)25-5-4-15-38(20-25)31(41)19-26(34)17-22-8-10-23(11-9-22)24-12-13-30-28(18-24)37-33(42)43-30/h2-3,6-13,18,25-26H,4-5,14-17,19-20,34H2,1H3,(H,35,40)(H,37,42)/t25-,26-/m1/s1. The van der Waals surface area contributed by atoms with E-state index in [0.29, 0.717) is 37.2 Å². The van der Waals surface area contributed by atoms with Crippen LogP contribution in [0.5, 0.6) is 0 Å². The second-order valence-electron chi connectivity index (χ2n) is 11.4. The minimum Gasteiger partial charge on any atom is -0.408 e. The van der Waals surface area contributed by atoms with Gasteiger partial charge in [-0.05, 0) is 60.2 Å². The molecule has 2 aromatic heterocycles. The molecule has 1 aliphatic rings. The predicted molar refractivity (Wildman–Crippen MR) is 166 cm³/mol. The number of H-pyrrole nitrogens is 1. The highest BCUT2D eigenvalue weighted by atomic mass is 16.4. The van der Waals surface area contributed by atoms with Crippen molar-refractivity contribution in [3.05, 3.63) is 88.7 Å². The van der Waals surface area contributed by atoms with E-state index in [4.69, 9.17) is 15.1 Å². The maximum absolute atomic E-state index is 13.4. The molecule has 0 aliphatic carbocycles. The number of nitrogens with two attached hydrogens (primary N) is 1. The quantitative estimate of drug-likeness (QED) is 0.241. The largest absolute Gasteiger partial charge is 0.417 e. The Morgan fingerprint density at radius 1 is 1.12 bits per heavy atom. The molecule has 0 spiro atoms. The topological polar surface area (TPSA) is 139 Å². The number of nitrogens with one attached hydrogen (secondary N) is 2. The molecule has 3 aromatic carbocycles. The van der Waals surface area contributed by atoms with E-state index in [2.05, 4.69) is 20.9 Å². The molecule has 1 aliphatic heterocycles. The monoisotopic (exact) mass is 580 g/mol. The highest BCUT2D eigenvalue weighted by Gasteiger charge is 2.29. The molecular formula is C33H36N6O4. The molecule has 43 heavy (non-hydrogen) atoms. The number of benzene rings is 3. The molecule has 10 heteroatoms. The SMILES string of the molecule is CC(=O)NCCn1c([C@@H]2CCCN(C(=O)C[C@H](N)Cc3ccc(-c4ccc5oc(=O)[nH]c5c4)cc3)C2)nc2ccccc21. The fourth-order valence-corrected chi connectivity index (χ4v) is 6.09. The van der Waals surface area contributed by atoms with E-state index in [1.54, 1.807) is 6.07 Å². The minimum absolute atomic E-state index is 0.0569. The first-order valence-electron chi connectivity index (χ1n) is 14.8. The van der Waals surface area contributed by atoms with E-state index in [1.807, 2.05) is 59.5 Å². The van der Waals surface area contributed by atoms with E-state index in [1.165, 1.54) is 6.92 Å². The van der Waals surface area contributed by atoms with Gasteiger partial charge in [0.2, 0.25) is 11.8 Å². The first-order chi connectivity index (χ1) is 20.8.